The van der Waals surface area contributed by atoms with Gasteiger partial charge >= 0.3 is 0 Å². The van der Waals surface area contributed by atoms with Gasteiger partial charge in [-0.15, -0.1) is 11.3 Å². The highest BCUT2D eigenvalue weighted by Crippen LogP contribution is 2.25. The number of thiophene rings is 1. The van der Waals surface area contributed by atoms with E-state index >= 15 is 0 Å². The van der Waals surface area contributed by atoms with Gasteiger partial charge in [0.05, 0.1) is 16.6 Å². The molecule has 0 spiro atoms. The normalized spacial score (nSPS) is 20.4. The summed E-state index contributed by atoms with van der Waals surface area (Å²) in [4.78, 5) is 15.3. The fourth-order valence-corrected chi connectivity index (χ4v) is 5.21. The van der Waals surface area contributed by atoms with E-state index < -0.39 is 16.1 Å². The maximum Gasteiger partial charge on any atom is 0.241 e. The Bertz CT molecular complexity index is 615. The Morgan fingerprint density at radius 2 is 2.19 bits per heavy atom. The lowest BCUT2D eigenvalue weighted by atomic mass is 10.0. The van der Waals surface area contributed by atoms with E-state index in [2.05, 4.69) is 15.9 Å². The second-order valence-electron chi connectivity index (χ2n) is 5.29. The van der Waals surface area contributed by atoms with Crippen molar-refractivity contribution in [3.63, 3.8) is 0 Å². The maximum absolute atomic E-state index is 12.6. The van der Waals surface area contributed by atoms with E-state index in [0.717, 1.165) is 21.5 Å². The van der Waals surface area contributed by atoms with E-state index in [1.165, 1.54) is 10.6 Å². The van der Waals surface area contributed by atoms with E-state index in [1.807, 2.05) is 12.1 Å². The van der Waals surface area contributed by atoms with Crippen LogP contribution in [0.25, 0.3) is 0 Å². The number of piperidine rings is 1. The molecule has 0 N–H and O–H groups in total. The summed E-state index contributed by atoms with van der Waals surface area (Å²) in [5, 5.41) is 0. The standard InChI is InChI=1S/C13H19BrN2O3S2/c1-15(9-10-6-7-12(14)20-10)13(17)11-5-3-4-8-16(11)21(2,18)19/h6-7,11H,3-5,8-9H2,1-2H3. The van der Waals surface area contributed by atoms with Crippen molar-refractivity contribution in [2.24, 2.45) is 0 Å². The van der Waals surface area contributed by atoms with Crippen LogP contribution in [0.5, 0.6) is 0 Å². The van der Waals surface area contributed by atoms with E-state index in [1.54, 1.807) is 23.3 Å². The summed E-state index contributed by atoms with van der Waals surface area (Å²) in [5.41, 5.74) is 0. The highest BCUT2D eigenvalue weighted by molar-refractivity contribution is 9.11. The molecular formula is C13H19BrN2O3S2. The van der Waals surface area contributed by atoms with Crippen molar-refractivity contribution in [1.29, 1.82) is 0 Å². The minimum atomic E-state index is -3.34. The molecule has 8 heteroatoms. The van der Waals surface area contributed by atoms with Crippen molar-refractivity contribution in [3.05, 3.63) is 20.8 Å². The van der Waals surface area contributed by atoms with Crippen molar-refractivity contribution in [3.8, 4) is 0 Å². The molecule has 1 aromatic heterocycles. The molecule has 0 aromatic carbocycles. The van der Waals surface area contributed by atoms with Crippen LogP contribution in [0.15, 0.2) is 15.9 Å². The molecule has 1 atom stereocenters. The van der Waals surface area contributed by atoms with Crippen LogP contribution in [0.4, 0.5) is 0 Å². The first-order chi connectivity index (χ1) is 9.79. The van der Waals surface area contributed by atoms with E-state index in [-0.39, 0.29) is 5.91 Å². The molecule has 1 aliphatic rings. The van der Waals surface area contributed by atoms with Crippen molar-refractivity contribution >= 4 is 43.2 Å². The predicted octanol–water partition coefficient (Wildman–Crippen LogP) is 2.28. The van der Waals surface area contributed by atoms with Crippen molar-refractivity contribution in [1.82, 2.24) is 9.21 Å². The highest BCUT2D eigenvalue weighted by Gasteiger charge is 2.35. The van der Waals surface area contributed by atoms with Gasteiger partial charge in [0.25, 0.3) is 0 Å². The molecule has 2 heterocycles. The molecule has 1 unspecified atom stereocenters. The van der Waals surface area contributed by atoms with Gasteiger partial charge in [-0.05, 0) is 40.9 Å². The minimum Gasteiger partial charge on any atom is -0.339 e. The first kappa shape index (κ1) is 16.9. The third-order valence-electron chi connectivity index (χ3n) is 3.56. The summed E-state index contributed by atoms with van der Waals surface area (Å²) in [7, 11) is -1.61. The number of hydrogen-bond acceptors (Lipinski definition) is 4. The SMILES string of the molecule is CN(Cc1ccc(Br)s1)C(=O)C1CCCCN1S(C)(=O)=O. The average Bonchev–Trinajstić information content (AvgIpc) is 2.82. The smallest absolute Gasteiger partial charge is 0.241 e. The summed E-state index contributed by atoms with van der Waals surface area (Å²) in [5.74, 6) is -0.121. The molecule has 1 aromatic rings. The largest absolute Gasteiger partial charge is 0.339 e. The molecule has 118 valence electrons. The highest BCUT2D eigenvalue weighted by atomic mass is 79.9. The molecule has 2 rings (SSSR count). The Balaban J connectivity index is 2.09. The summed E-state index contributed by atoms with van der Waals surface area (Å²) in [6.07, 6.45) is 3.48. The Hall–Kier alpha value is -0.440. The Morgan fingerprint density at radius 3 is 2.76 bits per heavy atom. The molecule has 1 aliphatic heterocycles. The van der Waals surface area contributed by atoms with E-state index in [9.17, 15) is 13.2 Å². The number of hydrogen-bond donors (Lipinski definition) is 0. The fourth-order valence-electron chi connectivity index (χ4n) is 2.55. The van der Waals surface area contributed by atoms with Crippen LogP contribution in [0, 0.1) is 0 Å². The number of carbonyl (C=O) groups is 1. The van der Waals surface area contributed by atoms with Crippen molar-refractivity contribution in [2.75, 3.05) is 19.8 Å². The summed E-state index contributed by atoms with van der Waals surface area (Å²) in [6.45, 7) is 0.941. The van der Waals surface area contributed by atoms with Gasteiger partial charge in [0.2, 0.25) is 15.9 Å². The molecule has 5 nitrogen and oxygen atoms in total. The first-order valence-electron chi connectivity index (χ1n) is 6.75. The Morgan fingerprint density at radius 1 is 1.48 bits per heavy atom. The van der Waals surface area contributed by atoms with Crippen LogP contribution in [-0.2, 0) is 21.4 Å². The lowest BCUT2D eigenvalue weighted by molar-refractivity contribution is -0.135. The van der Waals surface area contributed by atoms with Gasteiger partial charge in [-0.1, -0.05) is 6.42 Å². The first-order valence-corrected chi connectivity index (χ1v) is 10.2. The third kappa shape index (κ3) is 4.28. The third-order valence-corrected chi connectivity index (χ3v) is 6.46. The monoisotopic (exact) mass is 394 g/mol. The molecule has 0 radical (unpaired) electrons. The number of sulfonamides is 1. The second-order valence-corrected chi connectivity index (χ2v) is 9.77. The number of amides is 1. The summed E-state index contributed by atoms with van der Waals surface area (Å²) < 4.78 is 26.0. The minimum absolute atomic E-state index is 0.121. The van der Waals surface area contributed by atoms with Gasteiger partial charge in [0.15, 0.2) is 0 Å². The topological polar surface area (TPSA) is 57.7 Å². The number of carbonyl (C=O) groups excluding carboxylic acids is 1. The lowest BCUT2D eigenvalue weighted by Gasteiger charge is -2.34. The molecule has 1 amide bonds. The molecular weight excluding hydrogens is 376 g/mol. The molecule has 0 aliphatic carbocycles. The van der Waals surface area contributed by atoms with E-state index in [0.29, 0.717) is 19.5 Å². The number of nitrogens with zero attached hydrogens (tertiary/aromatic N) is 2. The van der Waals surface area contributed by atoms with Gasteiger partial charge < -0.3 is 4.90 Å². The van der Waals surface area contributed by atoms with Crippen molar-refractivity contribution < 1.29 is 13.2 Å². The number of halogens is 1. The quantitative estimate of drug-likeness (QED) is 0.786. The second kappa shape index (κ2) is 6.76. The maximum atomic E-state index is 12.6. The van der Waals surface area contributed by atoms with Crippen LogP contribution in [0.2, 0.25) is 0 Å². The van der Waals surface area contributed by atoms with Gasteiger partial charge in [0, 0.05) is 18.5 Å². The molecule has 0 bridgehead atoms. The number of likely N-dealkylation sites (N-methyl/N-ethyl adjacent to an activating group) is 1. The zero-order valence-electron chi connectivity index (χ0n) is 12.1. The zero-order valence-corrected chi connectivity index (χ0v) is 15.3. The van der Waals surface area contributed by atoms with Gasteiger partial charge in [0.1, 0.15) is 6.04 Å². The van der Waals surface area contributed by atoms with E-state index in [4.69, 9.17) is 0 Å². The fraction of sp³-hybridized carbons (Fsp3) is 0.615. The zero-order chi connectivity index (χ0) is 15.6. The average molecular weight is 395 g/mol. The van der Waals surface area contributed by atoms with Crippen LogP contribution < -0.4 is 0 Å². The van der Waals surface area contributed by atoms with Crippen LogP contribution >= 0.6 is 27.3 Å². The van der Waals surface area contributed by atoms with Gasteiger partial charge in [-0.25, -0.2) is 8.42 Å². The van der Waals surface area contributed by atoms with Crippen LogP contribution in [-0.4, -0.2) is 49.4 Å². The molecule has 1 fully saturated rings. The van der Waals surface area contributed by atoms with Gasteiger partial charge in [-0.3, -0.25) is 4.79 Å². The van der Waals surface area contributed by atoms with Gasteiger partial charge in [-0.2, -0.15) is 4.31 Å². The van der Waals surface area contributed by atoms with Crippen LogP contribution in [0.1, 0.15) is 24.1 Å². The molecule has 0 saturated carbocycles. The molecule has 1 saturated heterocycles. The lowest BCUT2D eigenvalue weighted by Crippen LogP contribution is -2.51. The van der Waals surface area contributed by atoms with Crippen LogP contribution in [0.3, 0.4) is 0 Å². The Labute approximate surface area is 138 Å². The summed E-state index contributed by atoms with van der Waals surface area (Å²) in [6, 6.07) is 3.36. The molecule has 21 heavy (non-hydrogen) atoms. The predicted molar refractivity (Wildman–Crippen MR) is 87.7 cm³/mol. The Kier molecular flexibility index (Phi) is 5.45. The summed E-state index contributed by atoms with van der Waals surface area (Å²) >= 11 is 4.98. The number of rotatable bonds is 4. The van der Waals surface area contributed by atoms with Crippen molar-refractivity contribution in [2.45, 2.75) is 31.8 Å².